The van der Waals surface area contributed by atoms with Gasteiger partial charge in [-0.05, 0) is 36.8 Å². The van der Waals surface area contributed by atoms with Crippen LogP contribution >= 0.6 is 0 Å². The Labute approximate surface area is 247 Å². The highest BCUT2D eigenvalue weighted by molar-refractivity contribution is 5.99. The number of carbonyl (C=O) groups excluding carboxylic acids is 3. The predicted octanol–water partition coefficient (Wildman–Crippen LogP) is 4.06. The van der Waals surface area contributed by atoms with Gasteiger partial charge in [0.05, 0.1) is 30.8 Å². The molecule has 1 N–H and O–H groups in total. The number of fused-ring (bicyclic) bond motifs is 1. The van der Waals surface area contributed by atoms with Crippen LogP contribution < -0.4 is 0 Å². The molecule has 2 aromatic rings. The Morgan fingerprint density at radius 3 is 2.43 bits per heavy atom. The van der Waals surface area contributed by atoms with Crippen molar-refractivity contribution in [1.82, 2.24) is 9.80 Å². The van der Waals surface area contributed by atoms with Crippen LogP contribution in [-0.4, -0.2) is 69.7 Å². The van der Waals surface area contributed by atoms with Crippen LogP contribution in [0.2, 0.25) is 0 Å². The fourth-order valence-corrected chi connectivity index (χ4v) is 7.38. The molecule has 0 radical (unpaired) electrons. The Balaban J connectivity index is 1.62. The van der Waals surface area contributed by atoms with Crippen molar-refractivity contribution in [3.8, 4) is 0 Å². The van der Waals surface area contributed by atoms with Crippen LogP contribution in [0.25, 0.3) is 0 Å². The Morgan fingerprint density at radius 2 is 1.81 bits per heavy atom. The van der Waals surface area contributed by atoms with Gasteiger partial charge in [-0.15, -0.1) is 13.2 Å². The van der Waals surface area contributed by atoms with E-state index in [4.69, 9.17) is 9.47 Å². The fourth-order valence-electron chi connectivity index (χ4n) is 7.38. The van der Waals surface area contributed by atoms with Crippen LogP contribution in [0.15, 0.2) is 86.0 Å². The summed E-state index contributed by atoms with van der Waals surface area (Å²) in [6.45, 7) is 11.7. The second-order valence-corrected chi connectivity index (χ2v) is 11.8. The summed E-state index contributed by atoms with van der Waals surface area (Å²) in [5.74, 6) is -3.14. The molecule has 8 nitrogen and oxygen atoms in total. The molecular formula is C34H40N2O6. The van der Waals surface area contributed by atoms with Crippen molar-refractivity contribution in [1.29, 1.82) is 0 Å². The molecule has 7 atom stereocenters. The third kappa shape index (κ3) is 4.76. The lowest BCUT2D eigenvalue weighted by molar-refractivity contribution is -0.163. The Bertz CT molecular complexity index is 1330. The first kappa shape index (κ1) is 29.7. The molecular weight excluding hydrogens is 532 g/mol. The number of ether oxygens (including phenoxy) is 2. The van der Waals surface area contributed by atoms with Crippen LogP contribution in [0.5, 0.6) is 0 Å². The molecule has 0 aromatic heterocycles. The SMILES string of the molecule is C=CCCOC(=O)[C@H]1[C@H]2C(=O)N([C@H](CO)c3ccccc3)C(C(=O)N(CC=C)Cc3ccccc3)C23CC(C)[C@]1(C)O3. The molecule has 3 saturated heterocycles. The average molecular weight is 573 g/mol. The monoisotopic (exact) mass is 572 g/mol. The second-order valence-electron chi connectivity index (χ2n) is 11.8. The van der Waals surface area contributed by atoms with E-state index in [1.54, 1.807) is 17.1 Å². The Morgan fingerprint density at radius 1 is 1.14 bits per heavy atom. The summed E-state index contributed by atoms with van der Waals surface area (Å²) in [7, 11) is 0. The molecule has 0 aliphatic carbocycles. The number of nitrogens with zero attached hydrogens (tertiary/aromatic N) is 2. The van der Waals surface area contributed by atoms with Gasteiger partial charge >= 0.3 is 5.97 Å². The van der Waals surface area contributed by atoms with Crippen molar-refractivity contribution in [2.45, 2.75) is 56.5 Å². The molecule has 222 valence electrons. The number of aliphatic hydroxyl groups is 1. The summed E-state index contributed by atoms with van der Waals surface area (Å²) in [5, 5.41) is 10.7. The van der Waals surface area contributed by atoms with E-state index in [2.05, 4.69) is 13.2 Å². The normalized spacial score (nSPS) is 30.1. The van der Waals surface area contributed by atoms with Gasteiger partial charge in [0, 0.05) is 13.1 Å². The van der Waals surface area contributed by atoms with E-state index in [1.165, 1.54) is 4.90 Å². The minimum atomic E-state index is -1.26. The van der Waals surface area contributed by atoms with E-state index >= 15 is 0 Å². The molecule has 3 aliphatic heterocycles. The molecule has 42 heavy (non-hydrogen) atoms. The molecule has 2 bridgehead atoms. The van der Waals surface area contributed by atoms with Crippen molar-refractivity contribution in [2.24, 2.45) is 17.8 Å². The molecule has 8 heteroatoms. The molecule has 3 unspecified atom stereocenters. The Kier molecular flexibility index (Phi) is 8.39. The first-order chi connectivity index (χ1) is 20.2. The zero-order valence-electron chi connectivity index (χ0n) is 24.4. The molecule has 3 aliphatic rings. The summed E-state index contributed by atoms with van der Waals surface area (Å²) in [4.78, 5) is 46.2. The van der Waals surface area contributed by atoms with Gasteiger partial charge < -0.3 is 24.4 Å². The van der Waals surface area contributed by atoms with Gasteiger partial charge in [0.15, 0.2) is 0 Å². The zero-order valence-corrected chi connectivity index (χ0v) is 24.4. The average Bonchev–Trinajstić information content (AvgIpc) is 3.51. The number of amides is 2. The fraction of sp³-hybridized carbons (Fsp3) is 0.441. The number of rotatable bonds is 12. The molecule has 2 aromatic carbocycles. The highest BCUT2D eigenvalue weighted by Gasteiger charge is 2.80. The number of hydrogen-bond donors (Lipinski definition) is 1. The molecule has 2 amide bonds. The smallest absolute Gasteiger partial charge is 0.312 e. The summed E-state index contributed by atoms with van der Waals surface area (Å²) in [6.07, 6.45) is 4.23. The number of likely N-dealkylation sites (tertiary alicyclic amines) is 1. The highest BCUT2D eigenvalue weighted by Crippen LogP contribution is 2.66. The molecule has 5 rings (SSSR count). The van der Waals surface area contributed by atoms with Crippen LogP contribution in [0.3, 0.4) is 0 Å². The lowest BCUT2D eigenvalue weighted by Gasteiger charge is -2.39. The summed E-state index contributed by atoms with van der Waals surface area (Å²) in [6, 6.07) is 16.9. The van der Waals surface area contributed by atoms with Crippen molar-refractivity contribution in [3.05, 3.63) is 97.1 Å². The zero-order chi connectivity index (χ0) is 30.1. The van der Waals surface area contributed by atoms with Crippen molar-refractivity contribution < 1.29 is 29.0 Å². The van der Waals surface area contributed by atoms with E-state index in [0.29, 0.717) is 24.9 Å². The van der Waals surface area contributed by atoms with E-state index in [1.807, 2.05) is 74.5 Å². The molecule has 0 saturated carbocycles. The van der Waals surface area contributed by atoms with E-state index in [-0.39, 0.29) is 30.9 Å². The van der Waals surface area contributed by atoms with Gasteiger partial charge in [0.2, 0.25) is 11.8 Å². The lowest BCUT2D eigenvalue weighted by Crippen LogP contribution is -2.57. The van der Waals surface area contributed by atoms with Crippen LogP contribution in [0.1, 0.15) is 43.9 Å². The summed E-state index contributed by atoms with van der Waals surface area (Å²) in [5.41, 5.74) is -0.622. The van der Waals surface area contributed by atoms with Gasteiger partial charge in [-0.25, -0.2) is 0 Å². The van der Waals surface area contributed by atoms with Crippen molar-refractivity contribution >= 4 is 17.8 Å². The minimum Gasteiger partial charge on any atom is -0.465 e. The van der Waals surface area contributed by atoms with Crippen molar-refractivity contribution in [2.75, 3.05) is 19.8 Å². The minimum absolute atomic E-state index is 0.125. The van der Waals surface area contributed by atoms with Gasteiger partial charge in [-0.1, -0.05) is 79.7 Å². The van der Waals surface area contributed by atoms with Crippen molar-refractivity contribution in [3.63, 3.8) is 0 Å². The Hall–Kier alpha value is -3.75. The van der Waals surface area contributed by atoms with Gasteiger partial charge in [-0.3, -0.25) is 14.4 Å². The van der Waals surface area contributed by atoms with Gasteiger partial charge in [0.1, 0.15) is 17.6 Å². The number of carbonyl (C=O) groups is 3. The van der Waals surface area contributed by atoms with E-state index < -0.39 is 47.7 Å². The van der Waals surface area contributed by atoms with Gasteiger partial charge in [0.25, 0.3) is 0 Å². The number of aliphatic hydroxyl groups excluding tert-OH is 1. The van der Waals surface area contributed by atoms with E-state index in [9.17, 15) is 19.5 Å². The maximum absolute atomic E-state index is 14.8. The third-order valence-corrected chi connectivity index (χ3v) is 9.38. The maximum atomic E-state index is 14.8. The second kappa shape index (κ2) is 11.9. The van der Waals surface area contributed by atoms with E-state index in [0.717, 1.165) is 5.56 Å². The van der Waals surface area contributed by atoms with Crippen LogP contribution in [0, 0.1) is 17.8 Å². The molecule has 3 fully saturated rings. The summed E-state index contributed by atoms with van der Waals surface area (Å²) >= 11 is 0. The van der Waals surface area contributed by atoms with Crippen LogP contribution in [0.4, 0.5) is 0 Å². The first-order valence-corrected chi connectivity index (χ1v) is 14.6. The number of esters is 1. The maximum Gasteiger partial charge on any atom is 0.312 e. The standard InChI is InChI=1S/C34H40N2O6/c1-5-7-19-41-32(40)28-27-30(38)36(26(22-37)25-16-12-9-13-17-25)29(34(27)20-23(3)33(28,4)42-34)31(39)35(18-6-2)21-24-14-10-8-11-15-24/h5-6,8-17,23,26-29,37H,1-2,7,18-22H2,3-4H3/t23?,26-,27+,28-,29?,33+,34?/m1/s1. The molecule has 3 heterocycles. The first-order valence-electron chi connectivity index (χ1n) is 14.6. The summed E-state index contributed by atoms with van der Waals surface area (Å²) < 4.78 is 12.5. The quantitative estimate of drug-likeness (QED) is 0.234. The molecule has 1 spiro atoms. The number of benzene rings is 2. The topological polar surface area (TPSA) is 96.4 Å². The highest BCUT2D eigenvalue weighted by atomic mass is 16.6. The van der Waals surface area contributed by atoms with Crippen LogP contribution in [-0.2, 0) is 30.4 Å². The predicted molar refractivity (Wildman–Crippen MR) is 158 cm³/mol. The lowest BCUT2D eigenvalue weighted by atomic mass is 9.62. The number of hydrogen-bond acceptors (Lipinski definition) is 6. The van der Waals surface area contributed by atoms with Gasteiger partial charge in [-0.2, -0.15) is 0 Å². The third-order valence-electron chi connectivity index (χ3n) is 9.38. The largest absolute Gasteiger partial charge is 0.465 e.